The smallest absolute Gasteiger partial charge is 0.326 e. The monoisotopic (exact) mass is 252 g/mol. The number of β-amino-alcohol motifs (C(OH)–C–C–N with tert-alkyl or cyclic N) is 1. The van der Waals surface area contributed by atoms with Crippen LogP contribution in [0.15, 0.2) is 12.1 Å². The van der Waals surface area contributed by atoms with Crippen LogP contribution in [0.2, 0.25) is 0 Å². The molecule has 1 aromatic heterocycles. The topological polar surface area (TPSA) is 112 Å². The van der Waals surface area contributed by atoms with E-state index in [1.807, 2.05) is 0 Å². The van der Waals surface area contributed by atoms with Crippen LogP contribution >= 0.6 is 0 Å². The predicted octanol–water partition coefficient (Wildman–Crippen LogP) is -0.270. The molecular formula is C11H16N4O3. The minimum Gasteiger partial charge on any atom is -0.480 e. The van der Waals surface area contributed by atoms with Crippen molar-refractivity contribution < 1.29 is 15.0 Å². The molecule has 0 amide bonds. The molecule has 7 nitrogen and oxygen atoms in total. The number of anilines is 3. The molecule has 1 aliphatic rings. The number of nitrogens with zero attached hydrogens (tertiary/aromatic N) is 2. The summed E-state index contributed by atoms with van der Waals surface area (Å²) < 4.78 is 0. The number of hydrogen-bond donors (Lipinski definition) is 4. The third-order valence-electron chi connectivity index (χ3n) is 3.01. The normalized spacial score (nSPS) is 23.1. The molecule has 0 spiro atoms. The predicted molar refractivity (Wildman–Crippen MR) is 67.6 cm³/mol. The van der Waals surface area contributed by atoms with Gasteiger partial charge in [-0.2, -0.15) is 0 Å². The van der Waals surface area contributed by atoms with Crippen LogP contribution in [0.3, 0.4) is 0 Å². The Kier molecular flexibility index (Phi) is 3.24. The van der Waals surface area contributed by atoms with Crippen LogP contribution in [-0.2, 0) is 4.79 Å². The molecule has 0 bridgehead atoms. The Morgan fingerprint density at radius 2 is 2.33 bits per heavy atom. The van der Waals surface area contributed by atoms with E-state index >= 15 is 0 Å². The van der Waals surface area contributed by atoms with Crippen molar-refractivity contribution in [1.29, 1.82) is 0 Å². The summed E-state index contributed by atoms with van der Waals surface area (Å²) in [6.07, 6.45) is -0.445. The number of carbonyl (C=O) groups is 1. The first-order valence-electron chi connectivity index (χ1n) is 5.64. The molecule has 0 radical (unpaired) electrons. The number of aliphatic carboxylic acids is 1. The summed E-state index contributed by atoms with van der Waals surface area (Å²) in [4.78, 5) is 17.0. The number of aromatic nitrogens is 1. The molecule has 18 heavy (non-hydrogen) atoms. The lowest BCUT2D eigenvalue weighted by Gasteiger charge is -2.22. The van der Waals surface area contributed by atoms with Gasteiger partial charge in [0.1, 0.15) is 11.9 Å². The summed E-state index contributed by atoms with van der Waals surface area (Å²) >= 11 is 0. The first-order chi connectivity index (χ1) is 8.52. The highest BCUT2D eigenvalue weighted by Gasteiger charge is 2.36. The van der Waals surface area contributed by atoms with Gasteiger partial charge in [0.25, 0.3) is 0 Å². The zero-order valence-corrected chi connectivity index (χ0v) is 10.00. The molecule has 0 saturated carbocycles. The van der Waals surface area contributed by atoms with E-state index in [0.29, 0.717) is 17.3 Å². The first kappa shape index (κ1) is 12.4. The Bertz CT molecular complexity index is 466. The van der Waals surface area contributed by atoms with E-state index in [9.17, 15) is 9.90 Å². The second-order valence-electron chi connectivity index (χ2n) is 4.25. The lowest BCUT2D eigenvalue weighted by atomic mass is 10.2. The number of carboxylic acids is 1. The maximum atomic E-state index is 11.1. The average molecular weight is 252 g/mol. The minimum atomic E-state index is -0.962. The van der Waals surface area contributed by atoms with E-state index in [1.165, 1.54) is 0 Å². The fourth-order valence-corrected chi connectivity index (χ4v) is 2.12. The highest BCUT2D eigenvalue weighted by atomic mass is 16.4. The Balaban J connectivity index is 2.32. The Morgan fingerprint density at radius 3 is 2.94 bits per heavy atom. The molecule has 5 N–H and O–H groups in total. The highest BCUT2D eigenvalue weighted by molar-refractivity contribution is 5.79. The molecule has 2 atom stereocenters. The van der Waals surface area contributed by atoms with E-state index < -0.39 is 18.1 Å². The van der Waals surface area contributed by atoms with Crippen molar-refractivity contribution in [2.24, 2.45) is 0 Å². The van der Waals surface area contributed by atoms with Crippen molar-refractivity contribution in [3.8, 4) is 0 Å². The van der Waals surface area contributed by atoms with Gasteiger partial charge in [-0.05, 0) is 12.1 Å². The number of carboxylic acid groups (broad SMARTS) is 1. The SMILES string of the molecule is CNc1nc(N2CC(O)CC2C(=O)O)ccc1N. The summed E-state index contributed by atoms with van der Waals surface area (Å²) in [6.45, 7) is 0.261. The summed E-state index contributed by atoms with van der Waals surface area (Å²) in [6, 6.07) is 2.57. The molecular weight excluding hydrogens is 236 g/mol. The quantitative estimate of drug-likeness (QED) is 0.585. The maximum absolute atomic E-state index is 11.1. The van der Waals surface area contributed by atoms with Crippen molar-refractivity contribution >= 4 is 23.3 Å². The number of nitrogen functional groups attached to an aromatic ring is 1. The van der Waals surface area contributed by atoms with Crippen LogP contribution in [0.25, 0.3) is 0 Å². The molecule has 1 fully saturated rings. The second-order valence-corrected chi connectivity index (χ2v) is 4.25. The van der Waals surface area contributed by atoms with Crippen molar-refractivity contribution in [3.63, 3.8) is 0 Å². The van der Waals surface area contributed by atoms with Crippen LogP contribution in [0.5, 0.6) is 0 Å². The first-order valence-corrected chi connectivity index (χ1v) is 5.64. The number of aliphatic hydroxyl groups excluding tert-OH is 1. The Labute approximate surface area is 104 Å². The van der Waals surface area contributed by atoms with Gasteiger partial charge in [0.05, 0.1) is 11.8 Å². The minimum absolute atomic E-state index is 0.205. The van der Waals surface area contributed by atoms with Gasteiger partial charge < -0.3 is 26.2 Å². The largest absolute Gasteiger partial charge is 0.480 e. The summed E-state index contributed by atoms with van der Waals surface area (Å²) in [5.41, 5.74) is 6.20. The number of rotatable bonds is 3. The maximum Gasteiger partial charge on any atom is 0.326 e. The van der Waals surface area contributed by atoms with Crippen LogP contribution in [-0.4, -0.2) is 46.9 Å². The van der Waals surface area contributed by atoms with Crippen molar-refractivity contribution in [2.75, 3.05) is 29.5 Å². The van der Waals surface area contributed by atoms with Gasteiger partial charge in [-0.1, -0.05) is 0 Å². The summed E-state index contributed by atoms with van der Waals surface area (Å²) in [7, 11) is 1.69. The van der Waals surface area contributed by atoms with Gasteiger partial charge in [-0.15, -0.1) is 0 Å². The number of nitrogens with two attached hydrogens (primary N) is 1. The number of pyridine rings is 1. The molecule has 98 valence electrons. The van der Waals surface area contributed by atoms with Gasteiger partial charge in [0.2, 0.25) is 0 Å². The number of aliphatic hydroxyl groups is 1. The molecule has 0 aromatic carbocycles. The molecule has 7 heteroatoms. The molecule has 1 aromatic rings. The van der Waals surface area contributed by atoms with Crippen LogP contribution < -0.4 is 16.0 Å². The van der Waals surface area contributed by atoms with E-state index in [1.54, 1.807) is 24.1 Å². The molecule has 2 rings (SSSR count). The third kappa shape index (κ3) is 2.17. The number of hydrogen-bond acceptors (Lipinski definition) is 6. The molecule has 0 aliphatic carbocycles. The van der Waals surface area contributed by atoms with Crippen LogP contribution in [0, 0.1) is 0 Å². The van der Waals surface area contributed by atoms with Crippen LogP contribution in [0.1, 0.15) is 6.42 Å². The van der Waals surface area contributed by atoms with Gasteiger partial charge in [-0.3, -0.25) is 0 Å². The van der Waals surface area contributed by atoms with Crippen molar-refractivity contribution in [1.82, 2.24) is 4.98 Å². The van der Waals surface area contributed by atoms with E-state index in [4.69, 9.17) is 10.8 Å². The molecule has 1 saturated heterocycles. The summed E-state index contributed by atoms with van der Waals surface area (Å²) in [5, 5.41) is 21.6. The van der Waals surface area contributed by atoms with Gasteiger partial charge >= 0.3 is 5.97 Å². The molecule has 2 unspecified atom stereocenters. The zero-order chi connectivity index (χ0) is 13.3. The third-order valence-corrected chi connectivity index (χ3v) is 3.01. The fourth-order valence-electron chi connectivity index (χ4n) is 2.12. The van der Waals surface area contributed by atoms with Crippen molar-refractivity contribution in [2.45, 2.75) is 18.6 Å². The lowest BCUT2D eigenvalue weighted by Crippen LogP contribution is -2.36. The Morgan fingerprint density at radius 1 is 1.61 bits per heavy atom. The average Bonchev–Trinajstić information content (AvgIpc) is 2.72. The Hall–Kier alpha value is -2.02. The highest BCUT2D eigenvalue weighted by Crippen LogP contribution is 2.27. The second kappa shape index (κ2) is 4.69. The standard InChI is InChI=1S/C11H16N4O3/c1-13-10-7(12)2-3-9(14-10)15-5-6(16)4-8(15)11(17)18/h2-3,6,8,16H,4-5,12H2,1H3,(H,13,14)(H,17,18). The fraction of sp³-hybridized carbons (Fsp3) is 0.455. The van der Waals surface area contributed by atoms with Gasteiger partial charge in [0, 0.05) is 20.0 Å². The summed E-state index contributed by atoms with van der Waals surface area (Å²) in [5.74, 6) is 0.0340. The van der Waals surface area contributed by atoms with Gasteiger partial charge in [-0.25, -0.2) is 9.78 Å². The van der Waals surface area contributed by atoms with E-state index in [-0.39, 0.29) is 13.0 Å². The zero-order valence-electron chi connectivity index (χ0n) is 10.00. The van der Waals surface area contributed by atoms with Crippen LogP contribution in [0.4, 0.5) is 17.3 Å². The van der Waals surface area contributed by atoms with E-state index in [0.717, 1.165) is 0 Å². The molecule has 1 aliphatic heterocycles. The lowest BCUT2D eigenvalue weighted by molar-refractivity contribution is -0.138. The van der Waals surface area contributed by atoms with E-state index in [2.05, 4.69) is 10.3 Å². The number of nitrogens with one attached hydrogen (secondary N) is 1. The van der Waals surface area contributed by atoms with Crippen molar-refractivity contribution in [3.05, 3.63) is 12.1 Å². The van der Waals surface area contributed by atoms with Gasteiger partial charge in [0.15, 0.2) is 5.82 Å². The molecule has 2 heterocycles.